The molecule has 10 heteroatoms. The molecule has 0 aliphatic rings. The molecule has 0 bridgehead atoms. The van der Waals surface area contributed by atoms with Gasteiger partial charge in [-0.3, -0.25) is 0 Å². The molecule has 0 aliphatic carbocycles. The third-order valence-electron chi connectivity index (χ3n) is 6.23. The lowest BCUT2D eigenvalue weighted by atomic mass is 10.1. The fourth-order valence-electron chi connectivity index (χ4n) is 4.24. The number of carbonyl (C=O) groups is 1. The van der Waals surface area contributed by atoms with Gasteiger partial charge >= 0.3 is 11.6 Å². The van der Waals surface area contributed by atoms with E-state index in [1.165, 1.54) is 30.3 Å². The molecule has 0 amide bonds. The Balaban J connectivity index is 1.50. The van der Waals surface area contributed by atoms with Crippen molar-refractivity contribution in [3.05, 3.63) is 105 Å². The van der Waals surface area contributed by atoms with Crippen LogP contribution in [0.5, 0.6) is 5.75 Å². The predicted molar refractivity (Wildman–Crippen MR) is 145 cm³/mol. The molecule has 3 aromatic carbocycles. The van der Waals surface area contributed by atoms with E-state index in [4.69, 9.17) is 20.8 Å². The van der Waals surface area contributed by atoms with Gasteiger partial charge in [-0.25, -0.2) is 18.0 Å². The summed E-state index contributed by atoms with van der Waals surface area (Å²) in [5, 5.41) is 1.54. The molecule has 0 saturated carbocycles. The number of para-hydroxylation sites is 1. The molecule has 38 heavy (non-hydrogen) atoms. The Kier molecular flexibility index (Phi) is 6.83. The van der Waals surface area contributed by atoms with Crippen molar-refractivity contribution in [3.8, 4) is 5.75 Å². The summed E-state index contributed by atoms with van der Waals surface area (Å²) in [5.74, 6) is -0.932. The molecular weight excluding hydrogens is 528 g/mol. The number of halogens is 1. The van der Waals surface area contributed by atoms with Crippen LogP contribution in [0.15, 0.2) is 87.0 Å². The van der Waals surface area contributed by atoms with Crippen molar-refractivity contribution in [3.63, 3.8) is 0 Å². The van der Waals surface area contributed by atoms with Crippen LogP contribution in [0.3, 0.4) is 0 Å². The van der Waals surface area contributed by atoms with Crippen LogP contribution in [0, 0.1) is 13.8 Å². The quantitative estimate of drug-likeness (QED) is 0.166. The van der Waals surface area contributed by atoms with Crippen molar-refractivity contribution in [2.75, 3.05) is 0 Å². The van der Waals surface area contributed by atoms with E-state index < -0.39 is 27.7 Å². The SMILES string of the molecule is Cc1ccc(S(=O)(=O)NC(Cc2c[nH]c3ccccc23)C(=O)Oc2cc3oc(=O)cc(C)c3cc2Cl)cc1. The maximum atomic E-state index is 13.4. The maximum absolute atomic E-state index is 13.4. The molecule has 0 radical (unpaired) electrons. The maximum Gasteiger partial charge on any atom is 0.336 e. The van der Waals surface area contributed by atoms with Gasteiger partial charge in [0.2, 0.25) is 10.0 Å². The first kappa shape index (κ1) is 25.7. The molecule has 194 valence electrons. The van der Waals surface area contributed by atoms with Crippen LogP contribution < -0.4 is 15.1 Å². The van der Waals surface area contributed by atoms with Crippen LogP contribution in [0.25, 0.3) is 21.9 Å². The molecule has 2 heterocycles. The van der Waals surface area contributed by atoms with Gasteiger partial charge in [0.15, 0.2) is 5.75 Å². The monoisotopic (exact) mass is 550 g/mol. The third kappa shape index (κ3) is 5.22. The van der Waals surface area contributed by atoms with E-state index in [9.17, 15) is 18.0 Å². The number of sulfonamides is 1. The van der Waals surface area contributed by atoms with E-state index >= 15 is 0 Å². The molecule has 0 saturated heterocycles. The van der Waals surface area contributed by atoms with Gasteiger partial charge in [0.1, 0.15) is 11.6 Å². The summed E-state index contributed by atoms with van der Waals surface area (Å²) in [6.45, 7) is 3.58. The highest BCUT2D eigenvalue weighted by atomic mass is 35.5. The van der Waals surface area contributed by atoms with Crippen LogP contribution >= 0.6 is 11.6 Å². The van der Waals surface area contributed by atoms with E-state index in [-0.39, 0.29) is 27.7 Å². The lowest BCUT2D eigenvalue weighted by Crippen LogP contribution is -2.44. The summed E-state index contributed by atoms with van der Waals surface area (Å²) in [7, 11) is -4.08. The fraction of sp³-hybridized carbons (Fsp3) is 0.143. The molecule has 2 N–H and O–H groups in total. The number of rotatable bonds is 7. The summed E-state index contributed by atoms with van der Waals surface area (Å²) in [5.41, 5.74) is 2.75. The number of fused-ring (bicyclic) bond motifs is 2. The second-order valence-corrected chi connectivity index (χ2v) is 11.1. The Labute approximate surface area is 223 Å². The van der Waals surface area contributed by atoms with Gasteiger partial charge in [0, 0.05) is 41.0 Å². The minimum absolute atomic E-state index is 0.00727. The first-order chi connectivity index (χ1) is 18.1. The molecular formula is C28H23ClN2O6S. The van der Waals surface area contributed by atoms with Gasteiger partial charge in [-0.1, -0.05) is 47.5 Å². The zero-order valence-electron chi connectivity index (χ0n) is 20.4. The normalized spacial score (nSPS) is 12.6. The molecule has 0 aliphatic heterocycles. The first-order valence-electron chi connectivity index (χ1n) is 11.7. The number of hydrogen-bond acceptors (Lipinski definition) is 6. The molecule has 8 nitrogen and oxygen atoms in total. The number of aromatic amines is 1. The van der Waals surface area contributed by atoms with Crippen molar-refractivity contribution in [2.24, 2.45) is 0 Å². The fourth-order valence-corrected chi connectivity index (χ4v) is 5.63. The second-order valence-electron chi connectivity index (χ2n) is 9.00. The molecule has 1 atom stereocenters. The molecule has 1 unspecified atom stereocenters. The van der Waals surface area contributed by atoms with Crippen molar-refractivity contribution < 1.29 is 22.4 Å². The van der Waals surface area contributed by atoms with Crippen molar-refractivity contribution in [1.29, 1.82) is 0 Å². The number of nitrogens with one attached hydrogen (secondary N) is 2. The van der Waals surface area contributed by atoms with Crippen LogP contribution in [0.4, 0.5) is 0 Å². The van der Waals surface area contributed by atoms with Gasteiger partial charge in [-0.2, -0.15) is 4.72 Å². The lowest BCUT2D eigenvalue weighted by Gasteiger charge is -2.18. The number of esters is 1. The minimum atomic E-state index is -4.08. The minimum Gasteiger partial charge on any atom is -0.424 e. The zero-order valence-corrected chi connectivity index (χ0v) is 22.0. The van der Waals surface area contributed by atoms with Crippen molar-refractivity contribution >= 4 is 49.5 Å². The zero-order chi connectivity index (χ0) is 27.0. The van der Waals surface area contributed by atoms with Crippen molar-refractivity contribution in [2.45, 2.75) is 31.2 Å². The van der Waals surface area contributed by atoms with Crippen LogP contribution in [-0.2, 0) is 21.2 Å². The van der Waals surface area contributed by atoms with Crippen molar-refractivity contribution in [1.82, 2.24) is 9.71 Å². The second kappa shape index (κ2) is 10.1. The third-order valence-corrected chi connectivity index (χ3v) is 8.01. The highest BCUT2D eigenvalue weighted by Crippen LogP contribution is 2.31. The number of carbonyl (C=O) groups excluding carboxylic acids is 1. The summed E-state index contributed by atoms with van der Waals surface area (Å²) in [6.07, 6.45) is 1.74. The molecule has 0 fully saturated rings. The summed E-state index contributed by atoms with van der Waals surface area (Å²) >= 11 is 6.39. The smallest absolute Gasteiger partial charge is 0.336 e. The Bertz CT molecular complexity index is 1840. The average Bonchev–Trinajstić information content (AvgIpc) is 3.27. The number of H-pyrrole nitrogens is 1. The molecule has 5 aromatic rings. The summed E-state index contributed by atoms with van der Waals surface area (Å²) < 4.78 is 39.8. The summed E-state index contributed by atoms with van der Waals surface area (Å²) in [6, 6.07) is 16.7. The Morgan fingerprint density at radius 3 is 2.55 bits per heavy atom. The van der Waals surface area contributed by atoms with E-state index in [0.717, 1.165) is 22.0 Å². The molecule has 0 spiro atoms. The largest absolute Gasteiger partial charge is 0.424 e. The standard InChI is InChI=1S/C28H23ClN2O6S/c1-16-7-9-19(10-8-16)38(34,35)31-24(12-18-15-30-23-6-4-3-5-20(18)23)28(33)37-26-14-25-21(13-22(26)29)17(2)11-27(32)36-25/h3-11,13-15,24,30-31H,12H2,1-2H3. The topological polar surface area (TPSA) is 118 Å². The van der Waals surface area contributed by atoms with Gasteiger partial charge in [-0.05, 0) is 49.2 Å². The molecule has 2 aromatic heterocycles. The number of aryl methyl sites for hydroxylation is 2. The lowest BCUT2D eigenvalue weighted by molar-refractivity contribution is -0.136. The predicted octanol–water partition coefficient (Wildman–Crippen LogP) is 5.04. The Morgan fingerprint density at radius 2 is 1.79 bits per heavy atom. The number of aromatic nitrogens is 1. The van der Waals surface area contributed by atoms with E-state index in [1.807, 2.05) is 31.2 Å². The highest BCUT2D eigenvalue weighted by molar-refractivity contribution is 7.89. The number of benzene rings is 3. The van der Waals surface area contributed by atoms with Crippen LogP contribution in [0.2, 0.25) is 5.02 Å². The molecule has 5 rings (SSSR count). The van der Waals surface area contributed by atoms with Crippen LogP contribution in [-0.4, -0.2) is 25.4 Å². The van der Waals surface area contributed by atoms with E-state index in [2.05, 4.69) is 9.71 Å². The van der Waals surface area contributed by atoms with Gasteiger partial charge in [0.05, 0.1) is 9.92 Å². The number of hydrogen-bond donors (Lipinski definition) is 2. The van der Waals surface area contributed by atoms with Gasteiger partial charge in [0.25, 0.3) is 0 Å². The van der Waals surface area contributed by atoms with Gasteiger partial charge in [-0.15, -0.1) is 0 Å². The van der Waals surface area contributed by atoms with Gasteiger partial charge < -0.3 is 14.1 Å². The first-order valence-corrected chi connectivity index (χ1v) is 13.6. The average molecular weight is 551 g/mol. The van der Waals surface area contributed by atoms with Crippen LogP contribution in [0.1, 0.15) is 16.7 Å². The Morgan fingerprint density at radius 1 is 1.05 bits per heavy atom. The van der Waals surface area contributed by atoms with E-state index in [1.54, 1.807) is 25.3 Å². The summed E-state index contributed by atoms with van der Waals surface area (Å²) in [4.78, 5) is 28.4. The van der Waals surface area contributed by atoms with E-state index in [0.29, 0.717) is 10.9 Å². The number of ether oxygens (including phenoxy) is 1. The highest BCUT2D eigenvalue weighted by Gasteiger charge is 2.29. The Hall–Kier alpha value is -3.92.